The molecule has 0 aliphatic rings. The molecule has 1 N–H and O–H groups in total. The van der Waals surface area contributed by atoms with E-state index in [9.17, 15) is 5.11 Å². The molecule has 1 unspecified atom stereocenters. The number of aliphatic hydroxyl groups is 1. The number of aliphatic hydroxyl groups excluding tert-OH is 1. The Balaban J connectivity index is 2.20. The van der Waals surface area contributed by atoms with E-state index in [4.69, 9.17) is 0 Å². The smallest absolute Gasteiger partial charge is 0.0996 e. The summed E-state index contributed by atoms with van der Waals surface area (Å²) in [5, 5.41) is 14.5. The highest BCUT2D eigenvalue weighted by atomic mass is 79.9. The van der Waals surface area contributed by atoms with Crippen LogP contribution in [0.5, 0.6) is 0 Å². The SMILES string of the molecule is Cc1cc(C)n(CC(O)c2ccccc2Br)n1. The standard InChI is InChI=1S/C13H15BrN2O/c1-9-7-10(2)16(15-9)8-13(17)11-5-3-4-6-12(11)14/h3-7,13,17H,8H2,1-2H3. The summed E-state index contributed by atoms with van der Waals surface area (Å²) in [6.45, 7) is 4.42. The molecular weight excluding hydrogens is 280 g/mol. The van der Waals surface area contributed by atoms with Crippen LogP contribution in [-0.4, -0.2) is 14.9 Å². The number of benzene rings is 1. The Morgan fingerprint density at radius 1 is 1.35 bits per heavy atom. The summed E-state index contributed by atoms with van der Waals surface area (Å²) in [6.07, 6.45) is -0.552. The van der Waals surface area contributed by atoms with E-state index in [-0.39, 0.29) is 0 Å². The molecule has 0 saturated carbocycles. The summed E-state index contributed by atoms with van der Waals surface area (Å²) in [4.78, 5) is 0. The first-order chi connectivity index (χ1) is 8.08. The molecular formula is C13H15BrN2O. The number of rotatable bonds is 3. The second-order valence-electron chi connectivity index (χ2n) is 4.15. The Bertz CT molecular complexity index is 522. The van der Waals surface area contributed by atoms with E-state index in [1.165, 1.54) is 0 Å². The Labute approximate surface area is 109 Å². The third kappa shape index (κ3) is 2.76. The molecule has 1 aromatic carbocycles. The molecule has 0 amide bonds. The third-order valence-corrected chi connectivity index (χ3v) is 3.44. The summed E-state index contributed by atoms with van der Waals surface area (Å²) in [5.74, 6) is 0. The van der Waals surface area contributed by atoms with Crippen LogP contribution in [0.4, 0.5) is 0 Å². The molecule has 0 aliphatic carbocycles. The zero-order valence-corrected chi connectivity index (χ0v) is 11.5. The van der Waals surface area contributed by atoms with Crippen LogP contribution in [-0.2, 0) is 6.54 Å². The monoisotopic (exact) mass is 294 g/mol. The fourth-order valence-electron chi connectivity index (χ4n) is 1.87. The molecule has 2 rings (SSSR count). The first-order valence-corrected chi connectivity index (χ1v) is 6.31. The molecule has 17 heavy (non-hydrogen) atoms. The van der Waals surface area contributed by atoms with Crippen LogP contribution in [0.1, 0.15) is 23.1 Å². The number of hydrogen-bond donors (Lipinski definition) is 1. The van der Waals surface area contributed by atoms with Crippen molar-refractivity contribution in [3.8, 4) is 0 Å². The van der Waals surface area contributed by atoms with Crippen molar-refractivity contribution in [2.45, 2.75) is 26.5 Å². The van der Waals surface area contributed by atoms with Crippen LogP contribution in [0.2, 0.25) is 0 Å². The third-order valence-electron chi connectivity index (χ3n) is 2.71. The van der Waals surface area contributed by atoms with Crippen LogP contribution in [0.15, 0.2) is 34.8 Å². The summed E-state index contributed by atoms with van der Waals surface area (Å²) in [7, 11) is 0. The molecule has 3 nitrogen and oxygen atoms in total. The van der Waals surface area contributed by atoms with Gasteiger partial charge in [0.05, 0.1) is 18.3 Å². The van der Waals surface area contributed by atoms with E-state index in [2.05, 4.69) is 21.0 Å². The van der Waals surface area contributed by atoms with Gasteiger partial charge < -0.3 is 5.11 Å². The maximum absolute atomic E-state index is 10.2. The number of aryl methyl sites for hydroxylation is 2. The van der Waals surface area contributed by atoms with Crippen molar-refractivity contribution in [2.24, 2.45) is 0 Å². The Hall–Kier alpha value is -1.13. The molecule has 4 heteroatoms. The summed E-state index contributed by atoms with van der Waals surface area (Å²) < 4.78 is 2.76. The predicted molar refractivity (Wildman–Crippen MR) is 70.8 cm³/mol. The van der Waals surface area contributed by atoms with Crippen LogP contribution in [0.25, 0.3) is 0 Å². The Kier molecular flexibility index (Phi) is 3.64. The second-order valence-corrected chi connectivity index (χ2v) is 5.00. The van der Waals surface area contributed by atoms with E-state index in [1.54, 1.807) is 0 Å². The number of halogens is 1. The summed E-state index contributed by atoms with van der Waals surface area (Å²) in [6, 6.07) is 9.71. The molecule has 90 valence electrons. The van der Waals surface area contributed by atoms with Gasteiger partial charge >= 0.3 is 0 Å². The molecule has 1 aromatic heterocycles. The fraction of sp³-hybridized carbons (Fsp3) is 0.308. The van der Waals surface area contributed by atoms with Crippen LogP contribution < -0.4 is 0 Å². The van der Waals surface area contributed by atoms with E-state index >= 15 is 0 Å². The van der Waals surface area contributed by atoms with Gasteiger partial charge in [-0.1, -0.05) is 34.1 Å². The van der Waals surface area contributed by atoms with Crippen LogP contribution in [0, 0.1) is 13.8 Å². The molecule has 0 bridgehead atoms. The molecule has 0 aliphatic heterocycles. The van der Waals surface area contributed by atoms with Crippen molar-refractivity contribution >= 4 is 15.9 Å². The van der Waals surface area contributed by atoms with Crippen molar-refractivity contribution in [1.82, 2.24) is 9.78 Å². The quantitative estimate of drug-likeness (QED) is 0.945. The molecule has 0 radical (unpaired) electrons. The van der Waals surface area contributed by atoms with Gasteiger partial charge in [-0.2, -0.15) is 5.10 Å². The molecule has 2 aromatic rings. The molecule has 0 fully saturated rings. The van der Waals surface area contributed by atoms with Gasteiger partial charge in [0.1, 0.15) is 0 Å². The van der Waals surface area contributed by atoms with Crippen molar-refractivity contribution < 1.29 is 5.11 Å². The van der Waals surface area contributed by atoms with Crippen molar-refractivity contribution in [3.63, 3.8) is 0 Å². The lowest BCUT2D eigenvalue weighted by atomic mass is 10.1. The Morgan fingerprint density at radius 2 is 2.06 bits per heavy atom. The van der Waals surface area contributed by atoms with Gasteiger partial charge in [0.25, 0.3) is 0 Å². The van der Waals surface area contributed by atoms with E-state index in [1.807, 2.05) is 48.9 Å². The maximum atomic E-state index is 10.2. The normalized spacial score (nSPS) is 12.7. The average molecular weight is 295 g/mol. The molecule has 1 atom stereocenters. The fourth-order valence-corrected chi connectivity index (χ4v) is 2.42. The lowest BCUT2D eigenvalue weighted by Gasteiger charge is -2.13. The first-order valence-electron chi connectivity index (χ1n) is 5.51. The minimum Gasteiger partial charge on any atom is -0.386 e. The van der Waals surface area contributed by atoms with Gasteiger partial charge in [-0.25, -0.2) is 0 Å². The molecule has 1 heterocycles. The lowest BCUT2D eigenvalue weighted by Crippen LogP contribution is -2.11. The zero-order chi connectivity index (χ0) is 12.4. The van der Waals surface area contributed by atoms with Crippen LogP contribution in [0.3, 0.4) is 0 Å². The minimum atomic E-state index is -0.552. The second kappa shape index (κ2) is 5.02. The van der Waals surface area contributed by atoms with Gasteiger partial charge in [-0.15, -0.1) is 0 Å². The highest BCUT2D eigenvalue weighted by Gasteiger charge is 2.13. The molecule has 0 spiro atoms. The first kappa shape index (κ1) is 12.3. The van der Waals surface area contributed by atoms with Crippen molar-refractivity contribution in [3.05, 3.63) is 51.8 Å². The van der Waals surface area contributed by atoms with Gasteiger partial charge in [0, 0.05) is 10.2 Å². The van der Waals surface area contributed by atoms with E-state index < -0.39 is 6.10 Å². The number of aromatic nitrogens is 2. The van der Waals surface area contributed by atoms with E-state index in [0.717, 1.165) is 21.4 Å². The minimum absolute atomic E-state index is 0.474. The van der Waals surface area contributed by atoms with Crippen LogP contribution >= 0.6 is 15.9 Å². The summed E-state index contributed by atoms with van der Waals surface area (Å²) in [5.41, 5.74) is 2.93. The van der Waals surface area contributed by atoms with Crippen molar-refractivity contribution in [2.75, 3.05) is 0 Å². The van der Waals surface area contributed by atoms with Gasteiger partial charge in [0.15, 0.2) is 0 Å². The van der Waals surface area contributed by atoms with Gasteiger partial charge in [-0.3, -0.25) is 4.68 Å². The lowest BCUT2D eigenvalue weighted by molar-refractivity contribution is 0.150. The van der Waals surface area contributed by atoms with Gasteiger partial charge in [0.2, 0.25) is 0 Å². The Morgan fingerprint density at radius 3 is 2.65 bits per heavy atom. The largest absolute Gasteiger partial charge is 0.386 e. The highest BCUT2D eigenvalue weighted by molar-refractivity contribution is 9.10. The topological polar surface area (TPSA) is 38.0 Å². The highest BCUT2D eigenvalue weighted by Crippen LogP contribution is 2.24. The molecule has 0 saturated heterocycles. The van der Waals surface area contributed by atoms with Crippen molar-refractivity contribution in [1.29, 1.82) is 0 Å². The van der Waals surface area contributed by atoms with Gasteiger partial charge in [-0.05, 0) is 31.5 Å². The summed E-state index contributed by atoms with van der Waals surface area (Å²) >= 11 is 3.44. The maximum Gasteiger partial charge on any atom is 0.0996 e. The predicted octanol–water partition coefficient (Wildman–Crippen LogP) is 3.00. The number of hydrogen-bond acceptors (Lipinski definition) is 2. The average Bonchev–Trinajstić information content (AvgIpc) is 2.58. The zero-order valence-electron chi connectivity index (χ0n) is 9.89. The number of nitrogens with zero attached hydrogens (tertiary/aromatic N) is 2. The van der Waals surface area contributed by atoms with E-state index in [0.29, 0.717) is 6.54 Å².